The number of nitrogens with one attached hydrogen (secondary N) is 2. The van der Waals surface area contributed by atoms with Crippen molar-refractivity contribution in [2.24, 2.45) is 0 Å². The highest BCUT2D eigenvalue weighted by molar-refractivity contribution is 5.75. The fraction of sp³-hybridized carbons (Fsp3) is 0.953. The highest BCUT2D eigenvalue weighted by Gasteiger charge is 2.24. The number of carbonyl (C=O) groups excluding carboxylic acids is 1. The first-order valence-corrected chi connectivity index (χ1v) is 21.9. The molecule has 0 radical (unpaired) electrons. The Morgan fingerprint density at radius 1 is 0.532 bits per heavy atom. The molecule has 0 spiro atoms. The number of nitrogens with zero attached hydrogens (tertiary/aromatic N) is 1. The summed E-state index contributed by atoms with van der Waals surface area (Å²) in [5.41, 5.74) is 0. The lowest BCUT2D eigenvalue weighted by molar-refractivity contribution is -0.558. The van der Waals surface area contributed by atoms with Crippen molar-refractivity contribution < 1.29 is 9.37 Å². The Hall–Kier alpha value is -0.900. The molecule has 1 atom stereocenters. The number of hydrogen-bond donors (Lipinski definition) is 2. The van der Waals surface area contributed by atoms with Crippen LogP contribution in [-0.4, -0.2) is 42.5 Å². The molecule has 0 aromatic carbocycles. The fourth-order valence-electron chi connectivity index (χ4n) is 7.37. The first kappa shape index (κ1) is 44.1. The van der Waals surface area contributed by atoms with Gasteiger partial charge in [-0.2, -0.15) is 0 Å². The van der Waals surface area contributed by atoms with Gasteiger partial charge in [0.05, 0.1) is 13.1 Å². The molecule has 1 amide bonds. The molecule has 0 saturated carbocycles. The molecule has 0 bridgehead atoms. The summed E-state index contributed by atoms with van der Waals surface area (Å²) in [4.78, 5) is 12.3. The lowest BCUT2D eigenvalue weighted by Gasteiger charge is -2.12. The maximum Gasteiger partial charge on any atom is 0.220 e. The molecule has 1 unspecified atom stereocenters. The van der Waals surface area contributed by atoms with E-state index in [1.54, 1.807) is 0 Å². The lowest BCUT2D eigenvalue weighted by atomic mass is 10.0. The average Bonchev–Trinajstić information content (AvgIpc) is 3.53. The minimum Gasteiger partial charge on any atom is -0.350 e. The van der Waals surface area contributed by atoms with Crippen LogP contribution < -0.4 is 10.6 Å². The van der Waals surface area contributed by atoms with E-state index in [9.17, 15) is 4.79 Å². The predicted molar refractivity (Wildman–Crippen MR) is 209 cm³/mol. The van der Waals surface area contributed by atoms with Crippen LogP contribution in [0, 0.1) is 0 Å². The molecule has 0 aliphatic carbocycles. The van der Waals surface area contributed by atoms with E-state index in [1.165, 1.54) is 212 Å². The van der Waals surface area contributed by atoms with Crippen LogP contribution in [0.5, 0.6) is 0 Å². The van der Waals surface area contributed by atoms with Gasteiger partial charge in [0.2, 0.25) is 12.1 Å². The molecule has 1 heterocycles. The third kappa shape index (κ3) is 30.9. The summed E-state index contributed by atoms with van der Waals surface area (Å²) >= 11 is 0. The normalized spacial score (nSPS) is 14.6. The number of amides is 1. The smallest absolute Gasteiger partial charge is 0.220 e. The van der Waals surface area contributed by atoms with Gasteiger partial charge in [-0.05, 0) is 12.8 Å². The van der Waals surface area contributed by atoms with Crippen molar-refractivity contribution in [2.75, 3.05) is 19.6 Å². The zero-order valence-corrected chi connectivity index (χ0v) is 32.4. The summed E-state index contributed by atoms with van der Waals surface area (Å²) in [5.74, 6) is 0.243. The molecule has 0 aromatic heterocycles. The summed E-state index contributed by atoms with van der Waals surface area (Å²) in [6.07, 6.45) is 50.9. The highest BCUT2D eigenvalue weighted by Crippen LogP contribution is 2.16. The maximum absolute atomic E-state index is 12.3. The Labute approximate surface area is 295 Å². The van der Waals surface area contributed by atoms with Crippen LogP contribution in [0.2, 0.25) is 0 Å². The van der Waals surface area contributed by atoms with Crippen molar-refractivity contribution in [3.05, 3.63) is 0 Å². The SMILES string of the molecule is CCCCCCCCCCCCCCCCCCCC(=O)NCC[N+]1=CCNC1CCCCCCCCCCCCCCCCCC. The minimum atomic E-state index is 0.243. The van der Waals surface area contributed by atoms with Crippen LogP contribution in [0.1, 0.15) is 239 Å². The second-order valence-corrected chi connectivity index (χ2v) is 15.2. The summed E-state index contributed by atoms with van der Waals surface area (Å²) in [5, 5.41) is 6.82. The largest absolute Gasteiger partial charge is 0.350 e. The molecule has 47 heavy (non-hydrogen) atoms. The average molecular weight is 661 g/mol. The van der Waals surface area contributed by atoms with Crippen molar-refractivity contribution in [3.8, 4) is 0 Å². The molecule has 4 heteroatoms. The zero-order valence-electron chi connectivity index (χ0n) is 32.4. The van der Waals surface area contributed by atoms with Gasteiger partial charge in [0, 0.05) is 12.8 Å². The van der Waals surface area contributed by atoms with E-state index >= 15 is 0 Å². The second kappa shape index (κ2) is 36.4. The van der Waals surface area contributed by atoms with Gasteiger partial charge in [-0.25, -0.2) is 9.89 Å². The number of rotatable bonds is 38. The Morgan fingerprint density at radius 2 is 0.872 bits per heavy atom. The Bertz CT molecular complexity index is 678. The minimum absolute atomic E-state index is 0.243. The topological polar surface area (TPSA) is 44.1 Å². The molecule has 1 aliphatic heterocycles. The summed E-state index contributed by atoms with van der Waals surface area (Å²) in [6.45, 7) is 7.27. The van der Waals surface area contributed by atoms with Crippen molar-refractivity contribution in [1.82, 2.24) is 10.6 Å². The van der Waals surface area contributed by atoms with Crippen molar-refractivity contribution in [1.29, 1.82) is 0 Å². The number of unbranched alkanes of at least 4 members (excludes halogenated alkanes) is 31. The van der Waals surface area contributed by atoms with Gasteiger partial charge >= 0.3 is 0 Å². The van der Waals surface area contributed by atoms with Crippen LogP contribution in [0.15, 0.2) is 0 Å². The van der Waals surface area contributed by atoms with Crippen LogP contribution >= 0.6 is 0 Å². The Morgan fingerprint density at radius 3 is 1.26 bits per heavy atom. The van der Waals surface area contributed by atoms with Gasteiger partial charge in [0.1, 0.15) is 0 Å². The molecule has 2 N–H and O–H groups in total. The molecule has 0 fully saturated rings. The predicted octanol–water partition coefficient (Wildman–Crippen LogP) is 12.8. The molecular formula is C43H86N3O+. The summed E-state index contributed by atoms with van der Waals surface area (Å²) in [6, 6.07) is 0. The molecule has 0 saturated heterocycles. The molecule has 1 aliphatic rings. The van der Waals surface area contributed by atoms with Crippen molar-refractivity contribution in [2.45, 2.75) is 245 Å². The van der Waals surface area contributed by atoms with Crippen molar-refractivity contribution in [3.63, 3.8) is 0 Å². The molecule has 278 valence electrons. The van der Waals surface area contributed by atoms with Crippen LogP contribution in [0.4, 0.5) is 0 Å². The number of carbonyl (C=O) groups is 1. The van der Waals surface area contributed by atoms with E-state index in [2.05, 4.69) is 35.3 Å². The fourth-order valence-corrected chi connectivity index (χ4v) is 7.37. The van der Waals surface area contributed by atoms with Crippen molar-refractivity contribution >= 4 is 12.1 Å². The molecule has 0 aromatic rings. The van der Waals surface area contributed by atoms with Gasteiger partial charge in [-0.15, -0.1) is 0 Å². The lowest BCUT2D eigenvalue weighted by Crippen LogP contribution is -2.37. The van der Waals surface area contributed by atoms with Gasteiger partial charge in [-0.1, -0.05) is 213 Å². The third-order valence-electron chi connectivity index (χ3n) is 10.6. The molecule has 1 rings (SSSR count). The summed E-state index contributed by atoms with van der Waals surface area (Å²) < 4.78 is 2.43. The molecule has 4 nitrogen and oxygen atoms in total. The van der Waals surface area contributed by atoms with Gasteiger partial charge in [-0.3, -0.25) is 4.79 Å². The van der Waals surface area contributed by atoms with E-state index in [4.69, 9.17) is 0 Å². The van der Waals surface area contributed by atoms with E-state index < -0.39 is 0 Å². The Kier molecular flexibility index (Phi) is 34.2. The highest BCUT2D eigenvalue weighted by atomic mass is 16.1. The van der Waals surface area contributed by atoms with Gasteiger partial charge in [0.25, 0.3) is 0 Å². The van der Waals surface area contributed by atoms with E-state index in [-0.39, 0.29) is 5.91 Å². The van der Waals surface area contributed by atoms with Gasteiger partial charge in [0.15, 0.2) is 12.8 Å². The third-order valence-corrected chi connectivity index (χ3v) is 10.6. The Balaban J connectivity index is 1.82. The zero-order chi connectivity index (χ0) is 33.7. The molecular weight excluding hydrogens is 574 g/mol. The van der Waals surface area contributed by atoms with E-state index in [0.717, 1.165) is 26.1 Å². The van der Waals surface area contributed by atoms with E-state index in [0.29, 0.717) is 12.6 Å². The van der Waals surface area contributed by atoms with Crippen LogP contribution in [0.3, 0.4) is 0 Å². The first-order valence-electron chi connectivity index (χ1n) is 21.9. The van der Waals surface area contributed by atoms with Crippen LogP contribution in [-0.2, 0) is 4.79 Å². The summed E-state index contributed by atoms with van der Waals surface area (Å²) in [7, 11) is 0. The monoisotopic (exact) mass is 661 g/mol. The first-order chi connectivity index (χ1) is 23.3. The quantitative estimate of drug-likeness (QED) is 0.0511. The van der Waals surface area contributed by atoms with Crippen LogP contribution in [0.25, 0.3) is 0 Å². The van der Waals surface area contributed by atoms with E-state index in [1.807, 2.05) is 0 Å². The number of hydrogen-bond acceptors (Lipinski definition) is 2. The second-order valence-electron chi connectivity index (χ2n) is 15.2. The van der Waals surface area contributed by atoms with Gasteiger partial charge < -0.3 is 5.32 Å². The standard InChI is InChI=1S/C43H85N3O/c1-3-5-7-9-11-13-15-17-19-21-23-25-27-29-31-33-35-37-43(47)45-39-41-46-40-38-44-42(46)36-34-32-30-28-26-24-22-20-18-16-14-12-10-8-6-4-2/h40,42,44H,3-39,41H2,1-2H3/p+1. The maximum atomic E-state index is 12.3.